The number of hydrogen-bond donors (Lipinski definition) is 1. The SMILES string of the molecule is COC(=O)C(N)(Cn1cnc2c1CCCC2)C1CC1. The molecule has 0 bridgehead atoms. The minimum Gasteiger partial charge on any atom is -0.468 e. The van der Waals surface area contributed by atoms with Gasteiger partial charge in [0, 0.05) is 5.69 Å². The van der Waals surface area contributed by atoms with Gasteiger partial charge in [0.05, 0.1) is 25.7 Å². The van der Waals surface area contributed by atoms with Crippen LogP contribution in [0.4, 0.5) is 0 Å². The van der Waals surface area contributed by atoms with E-state index >= 15 is 0 Å². The van der Waals surface area contributed by atoms with E-state index in [0.29, 0.717) is 6.54 Å². The number of imidazole rings is 1. The third kappa shape index (κ3) is 2.16. The van der Waals surface area contributed by atoms with E-state index in [2.05, 4.69) is 9.55 Å². The number of carbonyl (C=O) groups is 1. The Morgan fingerprint density at radius 2 is 2.26 bits per heavy atom. The molecule has 0 aromatic carbocycles. The molecule has 0 aliphatic heterocycles. The molecular weight excluding hydrogens is 242 g/mol. The van der Waals surface area contributed by atoms with E-state index in [0.717, 1.165) is 25.7 Å². The van der Waals surface area contributed by atoms with Crippen LogP contribution in [0.3, 0.4) is 0 Å². The molecule has 0 amide bonds. The van der Waals surface area contributed by atoms with E-state index < -0.39 is 5.54 Å². The molecule has 5 nitrogen and oxygen atoms in total. The number of carbonyl (C=O) groups excluding carboxylic acids is 1. The van der Waals surface area contributed by atoms with Gasteiger partial charge in [0.2, 0.25) is 0 Å². The molecule has 2 N–H and O–H groups in total. The second-order valence-electron chi connectivity index (χ2n) is 5.78. The molecule has 0 radical (unpaired) electrons. The van der Waals surface area contributed by atoms with Crippen LogP contribution in [-0.4, -0.2) is 28.2 Å². The van der Waals surface area contributed by atoms with Gasteiger partial charge in [-0.15, -0.1) is 0 Å². The lowest BCUT2D eigenvalue weighted by molar-refractivity contribution is -0.148. The van der Waals surface area contributed by atoms with Crippen molar-refractivity contribution in [2.24, 2.45) is 11.7 Å². The lowest BCUT2D eigenvalue weighted by Crippen LogP contribution is -2.54. The van der Waals surface area contributed by atoms with Crippen molar-refractivity contribution in [3.05, 3.63) is 17.7 Å². The molecule has 0 saturated heterocycles. The van der Waals surface area contributed by atoms with Gasteiger partial charge in [-0.3, -0.25) is 0 Å². The van der Waals surface area contributed by atoms with Gasteiger partial charge < -0.3 is 15.0 Å². The van der Waals surface area contributed by atoms with E-state index in [9.17, 15) is 4.79 Å². The molecule has 1 saturated carbocycles. The van der Waals surface area contributed by atoms with Gasteiger partial charge in [0.1, 0.15) is 5.54 Å². The zero-order valence-corrected chi connectivity index (χ0v) is 11.4. The van der Waals surface area contributed by atoms with E-state index in [1.807, 2.05) is 6.33 Å². The summed E-state index contributed by atoms with van der Waals surface area (Å²) in [5.74, 6) is -0.0464. The van der Waals surface area contributed by atoms with Crippen molar-refractivity contribution in [1.82, 2.24) is 9.55 Å². The van der Waals surface area contributed by atoms with Crippen molar-refractivity contribution in [2.75, 3.05) is 7.11 Å². The lowest BCUT2D eigenvalue weighted by Gasteiger charge is -2.28. The number of methoxy groups -OCH3 is 1. The van der Waals surface area contributed by atoms with Gasteiger partial charge in [0.15, 0.2) is 0 Å². The topological polar surface area (TPSA) is 70.1 Å². The van der Waals surface area contributed by atoms with Crippen molar-refractivity contribution < 1.29 is 9.53 Å². The second kappa shape index (κ2) is 4.63. The normalized spacial score (nSPS) is 21.6. The van der Waals surface area contributed by atoms with Crippen LogP contribution in [-0.2, 0) is 28.9 Å². The molecule has 1 unspecified atom stereocenters. The fourth-order valence-corrected chi connectivity index (χ4v) is 3.10. The quantitative estimate of drug-likeness (QED) is 0.824. The molecule has 1 atom stereocenters. The number of nitrogens with zero attached hydrogens (tertiary/aromatic N) is 2. The Labute approximate surface area is 113 Å². The Bertz CT molecular complexity index is 493. The van der Waals surface area contributed by atoms with Crippen LogP contribution in [0.1, 0.15) is 37.1 Å². The van der Waals surface area contributed by atoms with Gasteiger partial charge >= 0.3 is 5.97 Å². The predicted molar refractivity (Wildman–Crippen MR) is 70.5 cm³/mol. The third-order valence-electron chi connectivity index (χ3n) is 4.41. The number of aryl methyl sites for hydroxylation is 1. The average molecular weight is 263 g/mol. The smallest absolute Gasteiger partial charge is 0.327 e. The monoisotopic (exact) mass is 263 g/mol. The van der Waals surface area contributed by atoms with Crippen molar-refractivity contribution >= 4 is 5.97 Å². The molecule has 2 aliphatic carbocycles. The Morgan fingerprint density at radius 1 is 1.53 bits per heavy atom. The number of nitrogens with two attached hydrogens (primary N) is 1. The molecule has 1 fully saturated rings. The van der Waals surface area contributed by atoms with Gasteiger partial charge in [-0.05, 0) is 44.4 Å². The molecule has 104 valence electrons. The van der Waals surface area contributed by atoms with Gasteiger partial charge in [-0.25, -0.2) is 9.78 Å². The van der Waals surface area contributed by atoms with Crippen LogP contribution in [0, 0.1) is 5.92 Å². The highest BCUT2D eigenvalue weighted by Crippen LogP contribution is 2.40. The summed E-state index contributed by atoms with van der Waals surface area (Å²) in [6.45, 7) is 0.493. The van der Waals surface area contributed by atoms with Gasteiger partial charge in [-0.2, -0.15) is 0 Å². The van der Waals surface area contributed by atoms with Crippen molar-refractivity contribution in [3.63, 3.8) is 0 Å². The first-order valence-electron chi connectivity index (χ1n) is 7.05. The van der Waals surface area contributed by atoms with Crippen LogP contribution in [0.15, 0.2) is 6.33 Å². The molecule has 1 aromatic heterocycles. The number of esters is 1. The lowest BCUT2D eigenvalue weighted by atomic mass is 9.93. The number of rotatable bonds is 4. The predicted octanol–water partition coefficient (Wildman–Crippen LogP) is 1.04. The first kappa shape index (κ1) is 12.7. The van der Waals surface area contributed by atoms with Crippen LogP contribution < -0.4 is 5.73 Å². The Hall–Kier alpha value is -1.36. The second-order valence-corrected chi connectivity index (χ2v) is 5.78. The van der Waals surface area contributed by atoms with Crippen molar-refractivity contribution in [1.29, 1.82) is 0 Å². The summed E-state index contributed by atoms with van der Waals surface area (Å²) in [5, 5.41) is 0. The van der Waals surface area contributed by atoms with Crippen LogP contribution >= 0.6 is 0 Å². The maximum atomic E-state index is 12.0. The molecule has 2 aliphatic rings. The average Bonchev–Trinajstić information content (AvgIpc) is 3.22. The Balaban J connectivity index is 1.86. The fourth-order valence-electron chi connectivity index (χ4n) is 3.10. The molecule has 3 rings (SSSR count). The zero-order valence-electron chi connectivity index (χ0n) is 11.4. The maximum Gasteiger partial charge on any atom is 0.327 e. The minimum atomic E-state index is -0.888. The van der Waals surface area contributed by atoms with E-state index in [4.69, 9.17) is 10.5 Å². The number of fused-ring (bicyclic) bond motifs is 1. The van der Waals surface area contributed by atoms with E-state index in [1.165, 1.54) is 31.3 Å². The summed E-state index contributed by atoms with van der Waals surface area (Å²) in [5.41, 5.74) is 7.90. The van der Waals surface area contributed by atoms with Crippen molar-refractivity contribution in [2.45, 2.75) is 50.6 Å². The first-order chi connectivity index (χ1) is 9.15. The summed E-state index contributed by atoms with van der Waals surface area (Å²) in [6, 6.07) is 0. The fraction of sp³-hybridized carbons (Fsp3) is 0.714. The Morgan fingerprint density at radius 3 is 2.95 bits per heavy atom. The van der Waals surface area contributed by atoms with Crippen LogP contribution in [0.5, 0.6) is 0 Å². The standard InChI is InChI=1S/C14H21N3O2/c1-19-13(18)14(15,10-6-7-10)8-17-9-16-11-4-2-3-5-12(11)17/h9-10H,2-8,15H2,1H3. The highest BCUT2D eigenvalue weighted by atomic mass is 16.5. The van der Waals surface area contributed by atoms with Gasteiger partial charge in [0.25, 0.3) is 0 Å². The summed E-state index contributed by atoms with van der Waals surface area (Å²) in [4.78, 5) is 16.5. The van der Waals surface area contributed by atoms with Crippen LogP contribution in [0.2, 0.25) is 0 Å². The summed E-state index contributed by atoms with van der Waals surface area (Å²) in [7, 11) is 1.41. The maximum absolute atomic E-state index is 12.0. The highest BCUT2D eigenvalue weighted by molar-refractivity contribution is 5.81. The largest absolute Gasteiger partial charge is 0.468 e. The summed E-state index contributed by atoms with van der Waals surface area (Å²) in [6.07, 6.45) is 8.35. The van der Waals surface area contributed by atoms with E-state index in [-0.39, 0.29) is 11.9 Å². The molecule has 19 heavy (non-hydrogen) atoms. The first-order valence-corrected chi connectivity index (χ1v) is 7.05. The molecule has 0 spiro atoms. The number of hydrogen-bond acceptors (Lipinski definition) is 4. The summed E-state index contributed by atoms with van der Waals surface area (Å²) >= 11 is 0. The molecule has 1 heterocycles. The van der Waals surface area contributed by atoms with Gasteiger partial charge in [-0.1, -0.05) is 0 Å². The zero-order chi connectivity index (χ0) is 13.5. The molecule has 5 heteroatoms. The number of ether oxygens (including phenoxy) is 1. The molecule has 1 aromatic rings. The third-order valence-corrected chi connectivity index (χ3v) is 4.41. The van der Waals surface area contributed by atoms with Crippen LogP contribution in [0.25, 0.3) is 0 Å². The Kier molecular flexibility index (Phi) is 3.09. The highest BCUT2D eigenvalue weighted by Gasteiger charge is 2.49. The van der Waals surface area contributed by atoms with E-state index in [1.54, 1.807) is 0 Å². The summed E-state index contributed by atoms with van der Waals surface area (Å²) < 4.78 is 6.98. The van der Waals surface area contributed by atoms with Crippen molar-refractivity contribution in [3.8, 4) is 0 Å². The number of aromatic nitrogens is 2. The minimum absolute atomic E-state index is 0.251. The molecular formula is C14H21N3O2.